The van der Waals surface area contributed by atoms with Gasteiger partial charge in [-0.25, -0.2) is 4.98 Å². The number of anilines is 1. The first-order valence-electron chi connectivity index (χ1n) is 5.83. The highest BCUT2D eigenvalue weighted by molar-refractivity contribution is 5.60. The van der Waals surface area contributed by atoms with E-state index in [4.69, 9.17) is 0 Å². The molecular weight excluding hydrogens is 218 g/mol. The summed E-state index contributed by atoms with van der Waals surface area (Å²) < 4.78 is 0. The van der Waals surface area contributed by atoms with E-state index < -0.39 is 0 Å². The first kappa shape index (κ1) is 13.4. The highest BCUT2D eigenvalue weighted by Gasteiger charge is 2.21. The molecule has 5 nitrogen and oxygen atoms in total. The zero-order chi connectivity index (χ0) is 13.0. The van der Waals surface area contributed by atoms with Crippen LogP contribution in [0.3, 0.4) is 0 Å². The summed E-state index contributed by atoms with van der Waals surface area (Å²) in [5, 5.41) is 14.1. The van der Waals surface area contributed by atoms with E-state index in [1.807, 2.05) is 6.92 Å². The highest BCUT2D eigenvalue weighted by atomic mass is 16.6. The number of hydrogen-bond acceptors (Lipinski definition) is 4. The number of nitrogens with zero attached hydrogens (tertiary/aromatic N) is 2. The van der Waals surface area contributed by atoms with E-state index in [0.717, 1.165) is 6.42 Å². The Morgan fingerprint density at radius 3 is 2.71 bits per heavy atom. The third-order valence-electron chi connectivity index (χ3n) is 3.17. The molecule has 1 N–H and O–H groups in total. The molecule has 1 aromatic heterocycles. The maximum absolute atomic E-state index is 11.0. The normalized spacial score (nSPS) is 14.1. The lowest BCUT2D eigenvalue weighted by Crippen LogP contribution is -2.24. The van der Waals surface area contributed by atoms with Gasteiger partial charge in [0.15, 0.2) is 0 Å². The Hall–Kier alpha value is -1.65. The predicted molar refractivity (Wildman–Crippen MR) is 68.2 cm³/mol. The summed E-state index contributed by atoms with van der Waals surface area (Å²) in [4.78, 5) is 14.7. The molecule has 0 aliphatic heterocycles. The summed E-state index contributed by atoms with van der Waals surface area (Å²) in [6, 6.07) is 1.81. The van der Waals surface area contributed by atoms with Gasteiger partial charge in [-0.15, -0.1) is 0 Å². The molecule has 2 unspecified atom stereocenters. The van der Waals surface area contributed by atoms with Gasteiger partial charge in [-0.1, -0.05) is 20.3 Å². The molecule has 0 aliphatic rings. The maximum Gasteiger partial charge on any atom is 0.314 e. The molecule has 94 valence electrons. The van der Waals surface area contributed by atoms with Crippen LogP contribution in [0.5, 0.6) is 0 Å². The summed E-state index contributed by atoms with van der Waals surface area (Å²) in [7, 11) is 0. The van der Waals surface area contributed by atoms with E-state index in [0.29, 0.717) is 17.3 Å². The van der Waals surface area contributed by atoms with Crippen molar-refractivity contribution in [2.45, 2.75) is 40.2 Å². The molecule has 0 radical (unpaired) electrons. The molecule has 5 heteroatoms. The van der Waals surface area contributed by atoms with Crippen molar-refractivity contribution in [1.29, 1.82) is 0 Å². The molecule has 0 spiro atoms. The smallest absolute Gasteiger partial charge is 0.314 e. The van der Waals surface area contributed by atoms with Gasteiger partial charge < -0.3 is 5.32 Å². The lowest BCUT2D eigenvalue weighted by atomic mass is 10.0. The van der Waals surface area contributed by atoms with E-state index in [9.17, 15) is 10.1 Å². The highest BCUT2D eigenvalue weighted by Crippen LogP contribution is 2.27. The fraction of sp³-hybridized carbons (Fsp3) is 0.583. The predicted octanol–water partition coefficient (Wildman–Crippen LogP) is 3.14. The van der Waals surface area contributed by atoms with Crippen molar-refractivity contribution in [1.82, 2.24) is 4.98 Å². The van der Waals surface area contributed by atoms with Crippen molar-refractivity contribution in [3.63, 3.8) is 0 Å². The lowest BCUT2D eigenvalue weighted by Gasteiger charge is -2.20. The number of nitrogens with one attached hydrogen (secondary N) is 1. The number of nitro groups is 1. The number of hydrogen-bond donors (Lipinski definition) is 1. The van der Waals surface area contributed by atoms with Crippen LogP contribution in [0.1, 0.15) is 32.8 Å². The molecule has 0 saturated carbocycles. The zero-order valence-corrected chi connectivity index (χ0v) is 10.7. The third-order valence-corrected chi connectivity index (χ3v) is 3.17. The molecule has 0 fully saturated rings. The van der Waals surface area contributed by atoms with E-state index in [2.05, 4.69) is 24.1 Å². The Bertz CT molecular complexity index is 407. The Kier molecular flexibility index (Phi) is 4.43. The van der Waals surface area contributed by atoms with E-state index >= 15 is 0 Å². The number of aromatic nitrogens is 1. The average molecular weight is 237 g/mol. The minimum atomic E-state index is -0.381. The summed E-state index contributed by atoms with van der Waals surface area (Å²) in [6.45, 7) is 7.95. The molecule has 0 aliphatic carbocycles. The summed E-state index contributed by atoms with van der Waals surface area (Å²) in [5.74, 6) is 0.805. The van der Waals surface area contributed by atoms with Gasteiger partial charge in [-0.3, -0.25) is 10.1 Å². The minimum absolute atomic E-state index is 0.0719. The van der Waals surface area contributed by atoms with Gasteiger partial charge >= 0.3 is 5.69 Å². The minimum Gasteiger partial charge on any atom is -0.362 e. The zero-order valence-electron chi connectivity index (χ0n) is 10.7. The SMILES string of the molecule is CCC(C)C(C)Nc1nccc(C)c1[N+](=O)[O-]. The van der Waals surface area contributed by atoms with Crippen LogP contribution in [0.4, 0.5) is 11.5 Å². The van der Waals surface area contributed by atoms with Crippen molar-refractivity contribution >= 4 is 11.5 Å². The van der Waals surface area contributed by atoms with Gasteiger partial charge in [0.1, 0.15) is 0 Å². The first-order chi connectivity index (χ1) is 7.97. The maximum atomic E-state index is 11.0. The quantitative estimate of drug-likeness (QED) is 0.631. The third kappa shape index (κ3) is 3.15. The topological polar surface area (TPSA) is 68.1 Å². The van der Waals surface area contributed by atoms with Crippen molar-refractivity contribution in [2.24, 2.45) is 5.92 Å². The van der Waals surface area contributed by atoms with Crippen molar-refractivity contribution in [2.75, 3.05) is 5.32 Å². The molecule has 1 heterocycles. The van der Waals surface area contributed by atoms with Crippen molar-refractivity contribution < 1.29 is 4.92 Å². The Balaban J connectivity index is 2.98. The van der Waals surface area contributed by atoms with Crippen LogP contribution in [0.25, 0.3) is 0 Å². The van der Waals surface area contributed by atoms with Gasteiger partial charge in [0.05, 0.1) is 4.92 Å². The molecule has 0 saturated heterocycles. The van der Waals surface area contributed by atoms with Crippen molar-refractivity contribution in [3.8, 4) is 0 Å². The van der Waals surface area contributed by atoms with Crippen LogP contribution >= 0.6 is 0 Å². The number of pyridine rings is 1. The van der Waals surface area contributed by atoms with E-state index in [1.54, 1.807) is 19.2 Å². The van der Waals surface area contributed by atoms with Crippen LogP contribution in [0, 0.1) is 23.0 Å². The van der Waals surface area contributed by atoms with Gasteiger partial charge in [-0.05, 0) is 25.8 Å². The summed E-state index contributed by atoms with van der Waals surface area (Å²) in [5.41, 5.74) is 0.700. The van der Waals surface area contributed by atoms with Crippen LogP contribution in [-0.4, -0.2) is 15.9 Å². The van der Waals surface area contributed by atoms with Crippen LogP contribution in [0.2, 0.25) is 0 Å². The number of rotatable bonds is 5. The average Bonchev–Trinajstić information content (AvgIpc) is 2.27. The van der Waals surface area contributed by atoms with E-state index in [1.165, 1.54) is 0 Å². The van der Waals surface area contributed by atoms with Crippen molar-refractivity contribution in [3.05, 3.63) is 27.9 Å². The molecule has 0 amide bonds. The second-order valence-corrected chi connectivity index (χ2v) is 4.40. The van der Waals surface area contributed by atoms with Gasteiger partial charge in [-0.2, -0.15) is 0 Å². The summed E-state index contributed by atoms with van der Waals surface area (Å²) in [6.07, 6.45) is 2.61. The fourth-order valence-electron chi connectivity index (χ4n) is 1.60. The van der Waals surface area contributed by atoms with Gasteiger partial charge in [0.2, 0.25) is 5.82 Å². The van der Waals surface area contributed by atoms with Crippen LogP contribution in [0.15, 0.2) is 12.3 Å². The van der Waals surface area contributed by atoms with Gasteiger partial charge in [0, 0.05) is 17.8 Å². The molecular formula is C12H19N3O2. The Morgan fingerprint density at radius 2 is 2.18 bits per heavy atom. The monoisotopic (exact) mass is 237 g/mol. The first-order valence-corrected chi connectivity index (χ1v) is 5.83. The molecule has 2 atom stereocenters. The fourth-order valence-corrected chi connectivity index (χ4v) is 1.60. The Labute approximate surface area is 101 Å². The lowest BCUT2D eigenvalue weighted by molar-refractivity contribution is -0.384. The largest absolute Gasteiger partial charge is 0.362 e. The molecule has 0 aromatic carbocycles. The Morgan fingerprint density at radius 1 is 1.53 bits per heavy atom. The number of aryl methyl sites for hydroxylation is 1. The standard InChI is InChI=1S/C12H19N3O2/c1-5-8(2)10(4)14-12-11(15(16)17)9(3)6-7-13-12/h6-8,10H,5H2,1-4H3,(H,13,14). The molecule has 1 aromatic rings. The van der Waals surface area contributed by atoms with Crippen LogP contribution < -0.4 is 5.32 Å². The van der Waals surface area contributed by atoms with Crippen LogP contribution in [-0.2, 0) is 0 Å². The molecule has 0 bridgehead atoms. The van der Waals surface area contributed by atoms with E-state index in [-0.39, 0.29) is 16.7 Å². The second kappa shape index (κ2) is 5.61. The summed E-state index contributed by atoms with van der Waals surface area (Å²) >= 11 is 0. The second-order valence-electron chi connectivity index (χ2n) is 4.40. The molecule has 1 rings (SSSR count). The van der Waals surface area contributed by atoms with Gasteiger partial charge in [0.25, 0.3) is 0 Å². The molecule has 17 heavy (non-hydrogen) atoms.